The molecule has 0 bridgehead atoms. The Morgan fingerprint density at radius 2 is 2.12 bits per heavy atom. The normalized spacial score (nSPS) is 14.2. The van der Waals surface area contributed by atoms with Crippen LogP contribution in [0.15, 0.2) is 29.6 Å². The number of amides is 3. The van der Waals surface area contributed by atoms with Crippen LogP contribution in [0, 0.1) is 0 Å². The molecule has 1 aliphatic heterocycles. The highest BCUT2D eigenvalue weighted by Gasteiger charge is 2.31. The van der Waals surface area contributed by atoms with Gasteiger partial charge in [0, 0.05) is 43.7 Å². The molecule has 0 saturated carbocycles. The molecule has 1 aromatic heterocycles. The second-order valence-electron chi connectivity index (χ2n) is 5.75. The van der Waals surface area contributed by atoms with Gasteiger partial charge < -0.3 is 15.0 Å². The van der Waals surface area contributed by atoms with Gasteiger partial charge in [0.15, 0.2) is 5.13 Å². The van der Waals surface area contributed by atoms with Crippen molar-refractivity contribution in [1.29, 1.82) is 0 Å². The molecule has 2 aromatic rings. The first-order valence-corrected chi connectivity index (χ1v) is 9.38. The van der Waals surface area contributed by atoms with Crippen molar-refractivity contribution >= 4 is 40.0 Å². The van der Waals surface area contributed by atoms with Gasteiger partial charge in [-0.2, -0.15) is 0 Å². The van der Waals surface area contributed by atoms with Gasteiger partial charge in [-0.25, -0.2) is 9.78 Å². The Bertz CT molecular complexity index is 781. The van der Waals surface area contributed by atoms with E-state index in [4.69, 9.17) is 16.3 Å². The molecule has 0 radical (unpaired) electrons. The molecule has 1 fully saturated rings. The Hall–Kier alpha value is -2.16. The summed E-state index contributed by atoms with van der Waals surface area (Å²) < 4.78 is 4.90. The van der Waals surface area contributed by atoms with E-state index in [2.05, 4.69) is 10.3 Å². The molecule has 26 heavy (non-hydrogen) atoms. The van der Waals surface area contributed by atoms with Crippen LogP contribution in [-0.2, 0) is 11.3 Å². The smallest absolute Gasteiger partial charge is 0.326 e. The fraction of sp³-hybridized carbons (Fsp3) is 0.353. The number of benzene rings is 1. The average Bonchev–Trinajstić information content (AvgIpc) is 3.25. The Morgan fingerprint density at radius 1 is 1.35 bits per heavy atom. The predicted octanol–water partition coefficient (Wildman–Crippen LogP) is 2.61. The first-order chi connectivity index (χ1) is 12.6. The van der Waals surface area contributed by atoms with Crippen molar-refractivity contribution in [1.82, 2.24) is 15.2 Å². The highest BCUT2D eigenvalue weighted by atomic mass is 35.5. The van der Waals surface area contributed by atoms with Gasteiger partial charge in [0.05, 0.1) is 6.61 Å². The van der Waals surface area contributed by atoms with E-state index < -0.39 is 0 Å². The summed E-state index contributed by atoms with van der Waals surface area (Å²) in [4.78, 5) is 32.3. The fourth-order valence-electron chi connectivity index (χ4n) is 2.57. The topological polar surface area (TPSA) is 74.8 Å². The van der Waals surface area contributed by atoms with Crippen LogP contribution in [0.25, 0.3) is 0 Å². The number of thiazole rings is 1. The predicted molar refractivity (Wildman–Crippen MR) is 101 cm³/mol. The molecule has 0 spiro atoms. The lowest BCUT2D eigenvalue weighted by Crippen LogP contribution is -2.31. The highest BCUT2D eigenvalue weighted by Crippen LogP contribution is 2.25. The third kappa shape index (κ3) is 4.32. The summed E-state index contributed by atoms with van der Waals surface area (Å²) in [6, 6.07) is 7.32. The molecule has 3 rings (SSSR count). The second-order valence-corrected chi connectivity index (χ2v) is 7.02. The van der Waals surface area contributed by atoms with Gasteiger partial charge >= 0.3 is 6.03 Å². The number of ether oxygens (including phenoxy) is 1. The molecule has 2 heterocycles. The first-order valence-electron chi connectivity index (χ1n) is 8.12. The van der Waals surface area contributed by atoms with Crippen molar-refractivity contribution in [2.75, 3.05) is 38.3 Å². The highest BCUT2D eigenvalue weighted by molar-refractivity contribution is 7.14. The summed E-state index contributed by atoms with van der Waals surface area (Å²) in [7, 11) is 1.57. The Morgan fingerprint density at radius 3 is 2.85 bits per heavy atom. The maximum Gasteiger partial charge on any atom is 0.326 e. The van der Waals surface area contributed by atoms with Crippen molar-refractivity contribution in [3.63, 3.8) is 0 Å². The number of carbonyl (C=O) groups excluding carboxylic acids is 2. The van der Waals surface area contributed by atoms with Crippen LogP contribution < -0.4 is 10.2 Å². The molecule has 3 amide bonds. The van der Waals surface area contributed by atoms with Gasteiger partial charge in [0.2, 0.25) is 0 Å². The molecular formula is C17H19ClN4O3S. The van der Waals surface area contributed by atoms with Crippen molar-refractivity contribution in [3.05, 3.63) is 45.9 Å². The number of nitrogens with zero attached hydrogens (tertiary/aromatic N) is 3. The van der Waals surface area contributed by atoms with Gasteiger partial charge in [0.25, 0.3) is 5.91 Å². The SMILES string of the molecule is COCCNC(=O)c1csc(N2CCN(Cc3ccc(Cl)cc3)C2=O)n1. The van der Waals surface area contributed by atoms with Crippen LogP contribution in [-0.4, -0.2) is 55.2 Å². The van der Waals surface area contributed by atoms with Crippen LogP contribution in [0.4, 0.5) is 9.93 Å². The Balaban J connectivity index is 1.61. The van der Waals surface area contributed by atoms with Crippen molar-refractivity contribution in [2.45, 2.75) is 6.54 Å². The number of nitrogens with one attached hydrogen (secondary N) is 1. The van der Waals surface area contributed by atoms with E-state index in [1.54, 1.807) is 22.3 Å². The largest absolute Gasteiger partial charge is 0.383 e. The molecule has 138 valence electrons. The number of anilines is 1. The number of hydrogen-bond donors (Lipinski definition) is 1. The third-order valence-electron chi connectivity index (χ3n) is 3.93. The molecule has 1 N–H and O–H groups in total. The van der Waals surface area contributed by atoms with Gasteiger partial charge in [-0.3, -0.25) is 9.69 Å². The summed E-state index contributed by atoms with van der Waals surface area (Å²) >= 11 is 7.18. The van der Waals surface area contributed by atoms with E-state index in [1.807, 2.05) is 24.3 Å². The van der Waals surface area contributed by atoms with Crippen molar-refractivity contribution in [2.24, 2.45) is 0 Å². The van der Waals surface area contributed by atoms with Gasteiger partial charge in [0.1, 0.15) is 5.69 Å². The number of urea groups is 1. The number of halogens is 1. The second kappa shape index (κ2) is 8.48. The quantitative estimate of drug-likeness (QED) is 0.732. The number of rotatable bonds is 7. The number of carbonyl (C=O) groups is 2. The van der Waals surface area contributed by atoms with Crippen LogP contribution >= 0.6 is 22.9 Å². The van der Waals surface area contributed by atoms with Crippen LogP contribution in [0.5, 0.6) is 0 Å². The van der Waals surface area contributed by atoms with E-state index in [1.165, 1.54) is 11.3 Å². The van der Waals surface area contributed by atoms with E-state index in [9.17, 15) is 9.59 Å². The minimum atomic E-state index is -0.269. The Labute approximate surface area is 160 Å². The molecule has 0 unspecified atom stereocenters. The van der Waals surface area contributed by atoms with Crippen LogP contribution in [0.1, 0.15) is 16.1 Å². The molecule has 1 aliphatic rings. The van der Waals surface area contributed by atoms with Gasteiger partial charge in [-0.05, 0) is 17.7 Å². The number of aromatic nitrogens is 1. The minimum Gasteiger partial charge on any atom is -0.383 e. The van der Waals surface area contributed by atoms with Crippen molar-refractivity contribution in [3.8, 4) is 0 Å². The molecule has 1 saturated heterocycles. The van der Waals surface area contributed by atoms with E-state index in [0.717, 1.165) is 5.56 Å². The molecule has 7 nitrogen and oxygen atoms in total. The van der Waals surface area contributed by atoms with Crippen molar-refractivity contribution < 1.29 is 14.3 Å². The lowest BCUT2D eigenvalue weighted by atomic mass is 10.2. The fourth-order valence-corrected chi connectivity index (χ4v) is 3.52. The zero-order valence-corrected chi connectivity index (χ0v) is 15.8. The monoisotopic (exact) mass is 394 g/mol. The zero-order chi connectivity index (χ0) is 18.5. The van der Waals surface area contributed by atoms with Gasteiger partial charge in [-0.15, -0.1) is 11.3 Å². The first kappa shape index (κ1) is 18.6. The maximum absolute atomic E-state index is 12.6. The Kier molecular flexibility index (Phi) is 6.08. The van der Waals surface area contributed by atoms with Crippen LogP contribution in [0.2, 0.25) is 5.02 Å². The number of hydrogen-bond acceptors (Lipinski definition) is 5. The molecule has 0 atom stereocenters. The maximum atomic E-state index is 12.6. The van der Waals surface area contributed by atoms with Gasteiger partial charge in [-0.1, -0.05) is 23.7 Å². The number of methoxy groups -OCH3 is 1. The molecule has 0 aliphatic carbocycles. The molecule has 9 heteroatoms. The standard InChI is InChI=1S/C17H19ClN4O3S/c1-25-9-6-19-15(23)14-11-26-16(20-14)22-8-7-21(17(22)24)10-12-2-4-13(18)5-3-12/h2-5,11H,6-10H2,1H3,(H,19,23). The molecular weight excluding hydrogens is 376 g/mol. The van der Waals surface area contributed by atoms with Crippen LogP contribution in [0.3, 0.4) is 0 Å². The lowest BCUT2D eigenvalue weighted by Gasteiger charge is -2.17. The average molecular weight is 395 g/mol. The van der Waals surface area contributed by atoms with E-state index in [0.29, 0.717) is 48.6 Å². The zero-order valence-electron chi connectivity index (χ0n) is 14.3. The summed E-state index contributed by atoms with van der Waals surface area (Å²) in [5.41, 5.74) is 1.33. The van der Waals surface area contributed by atoms with E-state index in [-0.39, 0.29) is 11.9 Å². The third-order valence-corrected chi connectivity index (χ3v) is 5.04. The minimum absolute atomic E-state index is 0.111. The summed E-state index contributed by atoms with van der Waals surface area (Å²) in [6.45, 7) is 2.52. The summed E-state index contributed by atoms with van der Waals surface area (Å²) in [5, 5.41) is 5.58. The lowest BCUT2D eigenvalue weighted by molar-refractivity contribution is 0.0933. The summed E-state index contributed by atoms with van der Waals surface area (Å²) in [5.74, 6) is -0.269. The molecule has 1 aromatic carbocycles. The summed E-state index contributed by atoms with van der Waals surface area (Å²) in [6.07, 6.45) is 0. The van der Waals surface area contributed by atoms with E-state index >= 15 is 0 Å².